The number of hydrogen-bond acceptors (Lipinski definition) is 2. The first-order valence-electron chi connectivity index (χ1n) is 5.29. The van der Waals surface area contributed by atoms with Crippen molar-refractivity contribution in [1.29, 1.82) is 0 Å². The van der Waals surface area contributed by atoms with Gasteiger partial charge in [-0.25, -0.2) is 0 Å². The molecule has 84 valence electrons. The number of carbonyl (C=O) groups excluding carboxylic acids is 1. The van der Waals surface area contributed by atoms with Crippen molar-refractivity contribution in [1.82, 2.24) is 0 Å². The van der Waals surface area contributed by atoms with Crippen molar-refractivity contribution in [3.05, 3.63) is 30.3 Å². The van der Waals surface area contributed by atoms with Gasteiger partial charge in [0, 0.05) is 0 Å². The molecule has 0 unspecified atom stereocenters. The third-order valence-corrected chi connectivity index (χ3v) is 7.82. The first-order valence-corrected chi connectivity index (χ1v) is 8.06. The quantitative estimate of drug-likeness (QED) is 0.596. The zero-order valence-corrected chi connectivity index (χ0v) is 11.8. The number of benzene rings is 1. The molecule has 2 nitrogen and oxygen atoms in total. The van der Waals surface area contributed by atoms with E-state index in [0.29, 0.717) is 36.8 Å². The number of rotatable bonds is 2. The number of hydrogen-bond donors (Lipinski definition) is 0. The van der Waals surface area contributed by atoms with E-state index >= 15 is 0 Å². The fraction of sp³-hybridized carbons (Fsp3) is 0.417. The average molecular weight is 346 g/mol. The second-order valence-electron chi connectivity index (χ2n) is 4.11. The molecule has 2 aliphatic rings. The second kappa shape index (κ2) is 4.26. The van der Waals surface area contributed by atoms with E-state index in [2.05, 4.69) is 40.2 Å². The molecule has 2 aliphatic heterocycles. The molecule has 1 aromatic carbocycles. The third-order valence-electron chi connectivity index (χ3n) is 3.02. The summed E-state index contributed by atoms with van der Waals surface area (Å²) in [5.41, 5.74) is 0. The topological polar surface area (TPSA) is 26.3 Å². The van der Waals surface area contributed by atoms with E-state index in [-0.39, 0.29) is 12.2 Å². The van der Waals surface area contributed by atoms with E-state index in [0.717, 1.165) is 0 Å². The summed E-state index contributed by atoms with van der Waals surface area (Å²) in [5, 5.41) is 0. The predicted molar refractivity (Wildman–Crippen MR) is 66.6 cm³/mol. The van der Waals surface area contributed by atoms with Gasteiger partial charge in [0.15, 0.2) is 0 Å². The molecule has 1 aromatic rings. The van der Waals surface area contributed by atoms with Crippen molar-refractivity contribution in [3.8, 4) is 0 Å². The van der Waals surface area contributed by atoms with E-state index in [9.17, 15) is 4.79 Å². The van der Waals surface area contributed by atoms with Crippen molar-refractivity contribution in [2.75, 3.05) is 0 Å². The molecular weight excluding hydrogens is 335 g/mol. The minimum atomic E-state index is -0.144. The molecule has 4 heteroatoms. The van der Waals surface area contributed by atoms with Crippen LogP contribution in [-0.2, 0) is 9.53 Å². The van der Waals surface area contributed by atoms with Crippen LogP contribution >= 0.6 is 15.9 Å². The molecule has 4 atom stereocenters. The molecule has 0 amide bonds. The predicted octanol–water partition coefficient (Wildman–Crippen LogP) is 1.31. The van der Waals surface area contributed by atoms with Gasteiger partial charge in [0.2, 0.25) is 0 Å². The van der Waals surface area contributed by atoms with Gasteiger partial charge in [-0.2, -0.15) is 0 Å². The standard InChI is InChI=1S/C12H11BrO2Se/c13-10-9-6-8(14)11(15-9)12(10)16-7-4-2-1-3-5-7/h1-5,9-12H,6H2/t9-,10+,11+,12-/m0/s1. The minimum absolute atomic E-state index is 0.119. The number of alkyl halides is 1. The maximum atomic E-state index is 11.6. The van der Waals surface area contributed by atoms with Gasteiger partial charge in [-0.05, 0) is 0 Å². The van der Waals surface area contributed by atoms with Crippen LogP contribution in [0, 0.1) is 0 Å². The molecular formula is C12H11BrO2Se. The fourth-order valence-electron chi connectivity index (χ4n) is 2.24. The zero-order chi connectivity index (χ0) is 11.1. The number of Topliss-reactive ketones (excluding diaryl/α,β-unsaturated/α-hetero) is 1. The van der Waals surface area contributed by atoms with Crippen LogP contribution in [0.15, 0.2) is 30.3 Å². The van der Waals surface area contributed by atoms with Gasteiger partial charge < -0.3 is 0 Å². The summed E-state index contributed by atoms with van der Waals surface area (Å²) in [6.07, 6.45) is 0.574. The Morgan fingerprint density at radius 2 is 2.06 bits per heavy atom. The van der Waals surface area contributed by atoms with Crippen molar-refractivity contribution >= 4 is 41.1 Å². The molecule has 0 aromatic heterocycles. The van der Waals surface area contributed by atoms with Crippen LogP contribution in [0.5, 0.6) is 0 Å². The number of halogens is 1. The summed E-state index contributed by atoms with van der Waals surface area (Å²) in [7, 11) is 0. The van der Waals surface area contributed by atoms with Crippen LogP contribution in [-0.4, -0.2) is 37.8 Å². The number of fused-ring (bicyclic) bond motifs is 2. The van der Waals surface area contributed by atoms with Crippen LogP contribution in [0.25, 0.3) is 0 Å². The van der Waals surface area contributed by atoms with E-state index in [1.54, 1.807) is 0 Å². The maximum absolute atomic E-state index is 11.6. The normalized spacial score (nSPS) is 36.9. The Hall–Kier alpha value is -0.151. The van der Waals surface area contributed by atoms with E-state index in [4.69, 9.17) is 4.74 Å². The van der Waals surface area contributed by atoms with Crippen molar-refractivity contribution in [2.24, 2.45) is 0 Å². The molecule has 0 radical (unpaired) electrons. The molecule has 3 rings (SSSR count). The van der Waals surface area contributed by atoms with Crippen LogP contribution in [0.4, 0.5) is 0 Å². The van der Waals surface area contributed by atoms with Crippen molar-refractivity contribution in [3.63, 3.8) is 0 Å². The Bertz CT molecular complexity index is 409. The summed E-state index contributed by atoms with van der Waals surface area (Å²) in [4.78, 5) is 12.4. The second-order valence-corrected chi connectivity index (χ2v) is 7.79. The van der Waals surface area contributed by atoms with E-state index in [1.807, 2.05) is 6.07 Å². The van der Waals surface area contributed by atoms with Gasteiger partial charge in [-0.1, -0.05) is 0 Å². The van der Waals surface area contributed by atoms with Gasteiger partial charge in [0.1, 0.15) is 0 Å². The van der Waals surface area contributed by atoms with Crippen LogP contribution in [0.1, 0.15) is 6.42 Å². The van der Waals surface area contributed by atoms with Gasteiger partial charge >= 0.3 is 109 Å². The average Bonchev–Trinajstić information content (AvgIpc) is 2.80. The first-order chi connectivity index (χ1) is 7.75. The fourth-order valence-corrected chi connectivity index (χ4v) is 6.06. The van der Waals surface area contributed by atoms with Crippen LogP contribution < -0.4 is 4.46 Å². The summed E-state index contributed by atoms with van der Waals surface area (Å²) >= 11 is 4.00. The summed E-state index contributed by atoms with van der Waals surface area (Å²) in [6, 6.07) is 10.4. The monoisotopic (exact) mass is 346 g/mol. The van der Waals surface area contributed by atoms with E-state index < -0.39 is 0 Å². The Morgan fingerprint density at radius 3 is 2.75 bits per heavy atom. The molecule has 0 aliphatic carbocycles. The molecule has 0 spiro atoms. The third kappa shape index (κ3) is 1.78. The number of ketones is 1. The number of ether oxygens (including phenoxy) is 1. The van der Waals surface area contributed by atoms with Crippen LogP contribution in [0.3, 0.4) is 0 Å². The van der Waals surface area contributed by atoms with Crippen LogP contribution in [0.2, 0.25) is 4.82 Å². The summed E-state index contributed by atoms with van der Waals surface area (Å²) < 4.78 is 7.04. The van der Waals surface area contributed by atoms with Gasteiger partial charge in [-0.3, -0.25) is 0 Å². The van der Waals surface area contributed by atoms with Crippen molar-refractivity contribution < 1.29 is 9.53 Å². The molecule has 0 saturated carbocycles. The molecule has 16 heavy (non-hydrogen) atoms. The van der Waals surface area contributed by atoms with Gasteiger partial charge in [-0.15, -0.1) is 0 Å². The van der Waals surface area contributed by atoms with Gasteiger partial charge in [0.25, 0.3) is 0 Å². The summed E-state index contributed by atoms with van der Waals surface area (Å²) in [6.45, 7) is 0. The first kappa shape index (κ1) is 11.0. The zero-order valence-electron chi connectivity index (χ0n) is 8.51. The summed E-state index contributed by atoms with van der Waals surface area (Å²) in [5.74, 6) is 0.295. The van der Waals surface area contributed by atoms with E-state index in [1.165, 1.54) is 4.46 Å². The molecule has 2 heterocycles. The Kier molecular flexibility index (Phi) is 2.92. The molecule has 2 fully saturated rings. The Balaban J connectivity index is 1.79. The van der Waals surface area contributed by atoms with Crippen molar-refractivity contribution in [2.45, 2.75) is 28.3 Å². The number of carbonyl (C=O) groups is 1. The SMILES string of the molecule is O=C1C[C@@H]2O[C@H]1[C@@H]([Se]c1ccccc1)[C@@H]2Br. The molecule has 0 N–H and O–H groups in total. The molecule has 2 bridgehead atoms. The van der Waals surface area contributed by atoms with Gasteiger partial charge in [0.05, 0.1) is 0 Å². The Morgan fingerprint density at radius 1 is 1.31 bits per heavy atom. The molecule has 2 saturated heterocycles. The Labute approximate surface area is 109 Å².